The molecule has 19 heavy (non-hydrogen) atoms. The van der Waals surface area contributed by atoms with Crippen LogP contribution in [0.5, 0.6) is 5.75 Å². The van der Waals surface area contributed by atoms with Crippen LogP contribution in [0.4, 0.5) is 0 Å². The third-order valence-corrected chi connectivity index (χ3v) is 4.02. The van der Waals surface area contributed by atoms with Crippen LogP contribution in [-0.4, -0.2) is 30.5 Å². The number of amides is 1. The summed E-state index contributed by atoms with van der Waals surface area (Å²) in [5.41, 5.74) is 0. The number of halogens is 1. The number of hydrogen-bond donors (Lipinski definition) is 0. The standard InChI is InChI=1S/C15H20ClNO2/c1-17(12-7-3-2-4-8-12)15(18)11-19-14-10-6-5-9-13(14)16/h5-6,9-10,12H,2-4,7-8,11H2,1H3. The molecule has 0 bridgehead atoms. The van der Waals surface area contributed by atoms with Gasteiger partial charge in [0.2, 0.25) is 0 Å². The molecule has 0 spiro atoms. The van der Waals surface area contributed by atoms with Crippen LogP contribution in [0.1, 0.15) is 32.1 Å². The quantitative estimate of drug-likeness (QED) is 0.845. The van der Waals surface area contributed by atoms with Crippen LogP contribution in [0.2, 0.25) is 5.02 Å². The first-order valence-corrected chi connectivity index (χ1v) is 7.19. The Bertz CT molecular complexity index is 430. The van der Waals surface area contributed by atoms with Crippen molar-refractivity contribution < 1.29 is 9.53 Å². The first-order chi connectivity index (χ1) is 9.18. The molecule has 0 atom stereocenters. The summed E-state index contributed by atoms with van der Waals surface area (Å²) in [7, 11) is 1.87. The van der Waals surface area contributed by atoms with E-state index in [0.717, 1.165) is 12.8 Å². The van der Waals surface area contributed by atoms with Crippen LogP contribution in [0.3, 0.4) is 0 Å². The van der Waals surface area contributed by atoms with Crippen LogP contribution in [0.15, 0.2) is 24.3 Å². The van der Waals surface area contributed by atoms with E-state index in [1.807, 2.05) is 24.1 Å². The minimum Gasteiger partial charge on any atom is -0.482 e. The number of para-hydroxylation sites is 1. The van der Waals surface area contributed by atoms with E-state index in [1.54, 1.807) is 12.1 Å². The van der Waals surface area contributed by atoms with Gasteiger partial charge in [-0.3, -0.25) is 4.79 Å². The fourth-order valence-electron chi connectivity index (χ4n) is 2.48. The molecule has 0 heterocycles. The smallest absolute Gasteiger partial charge is 0.260 e. The number of carbonyl (C=O) groups is 1. The molecule has 1 fully saturated rings. The van der Waals surface area contributed by atoms with Gasteiger partial charge in [0.05, 0.1) is 5.02 Å². The molecule has 1 saturated carbocycles. The van der Waals surface area contributed by atoms with Crippen molar-refractivity contribution in [2.24, 2.45) is 0 Å². The Morgan fingerprint density at radius 1 is 1.32 bits per heavy atom. The molecule has 1 aromatic rings. The summed E-state index contributed by atoms with van der Waals surface area (Å²) in [6, 6.07) is 7.58. The van der Waals surface area contributed by atoms with Crippen molar-refractivity contribution in [2.75, 3.05) is 13.7 Å². The summed E-state index contributed by atoms with van der Waals surface area (Å²) in [4.78, 5) is 13.9. The Morgan fingerprint density at radius 2 is 2.00 bits per heavy atom. The average Bonchev–Trinajstić information content (AvgIpc) is 2.46. The Hall–Kier alpha value is -1.22. The van der Waals surface area contributed by atoms with Crippen molar-refractivity contribution in [1.82, 2.24) is 4.90 Å². The fraction of sp³-hybridized carbons (Fsp3) is 0.533. The average molecular weight is 282 g/mol. The van der Waals surface area contributed by atoms with Crippen molar-refractivity contribution in [3.63, 3.8) is 0 Å². The van der Waals surface area contributed by atoms with Gasteiger partial charge in [0, 0.05) is 13.1 Å². The van der Waals surface area contributed by atoms with Gasteiger partial charge in [-0.1, -0.05) is 43.0 Å². The summed E-state index contributed by atoms with van der Waals surface area (Å²) >= 11 is 5.99. The Balaban J connectivity index is 1.85. The molecule has 0 aromatic heterocycles. The molecule has 1 aliphatic carbocycles. The maximum absolute atomic E-state index is 12.1. The van der Waals surface area contributed by atoms with Crippen molar-refractivity contribution in [2.45, 2.75) is 38.1 Å². The number of ether oxygens (including phenoxy) is 1. The summed E-state index contributed by atoms with van der Waals surface area (Å²) in [6.45, 7) is 0.0523. The number of carbonyl (C=O) groups excluding carboxylic acids is 1. The van der Waals surface area contributed by atoms with E-state index in [1.165, 1.54) is 19.3 Å². The number of benzene rings is 1. The van der Waals surface area contributed by atoms with E-state index in [0.29, 0.717) is 16.8 Å². The van der Waals surface area contributed by atoms with Crippen molar-refractivity contribution in [3.05, 3.63) is 29.3 Å². The van der Waals surface area contributed by atoms with Crippen molar-refractivity contribution >= 4 is 17.5 Å². The van der Waals surface area contributed by atoms with Gasteiger partial charge in [-0.15, -0.1) is 0 Å². The number of nitrogens with zero attached hydrogens (tertiary/aromatic N) is 1. The molecule has 104 valence electrons. The SMILES string of the molecule is CN(C(=O)COc1ccccc1Cl)C1CCCCC1. The van der Waals surface area contributed by atoms with E-state index in [9.17, 15) is 4.79 Å². The largest absolute Gasteiger partial charge is 0.482 e. The van der Waals surface area contributed by atoms with Crippen LogP contribution < -0.4 is 4.74 Å². The van der Waals surface area contributed by atoms with Crippen molar-refractivity contribution in [1.29, 1.82) is 0 Å². The molecular weight excluding hydrogens is 262 g/mol. The highest BCUT2D eigenvalue weighted by molar-refractivity contribution is 6.32. The number of hydrogen-bond acceptors (Lipinski definition) is 2. The molecule has 0 radical (unpaired) electrons. The van der Waals surface area contributed by atoms with E-state index < -0.39 is 0 Å². The van der Waals surface area contributed by atoms with E-state index in [4.69, 9.17) is 16.3 Å². The summed E-state index contributed by atoms with van der Waals surface area (Å²) in [5.74, 6) is 0.585. The topological polar surface area (TPSA) is 29.5 Å². The number of rotatable bonds is 4. The predicted octanol–water partition coefficient (Wildman–Crippen LogP) is 3.51. The second kappa shape index (κ2) is 6.80. The van der Waals surface area contributed by atoms with E-state index in [2.05, 4.69) is 0 Å². The van der Waals surface area contributed by atoms with Crippen LogP contribution in [0, 0.1) is 0 Å². The summed E-state index contributed by atoms with van der Waals surface area (Å²) < 4.78 is 5.49. The lowest BCUT2D eigenvalue weighted by atomic mass is 9.94. The van der Waals surface area contributed by atoms with Gasteiger partial charge in [0.25, 0.3) is 5.91 Å². The van der Waals surface area contributed by atoms with E-state index in [-0.39, 0.29) is 12.5 Å². The van der Waals surface area contributed by atoms with Gasteiger partial charge in [-0.2, -0.15) is 0 Å². The molecule has 0 saturated heterocycles. The molecule has 1 amide bonds. The lowest BCUT2D eigenvalue weighted by Crippen LogP contribution is -2.40. The molecular formula is C15H20ClNO2. The van der Waals surface area contributed by atoms with Crippen molar-refractivity contribution in [3.8, 4) is 5.75 Å². The maximum atomic E-state index is 12.1. The normalized spacial score (nSPS) is 16.1. The minimum absolute atomic E-state index is 0.0202. The lowest BCUT2D eigenvalue weighted by molar-refractivity contribution is -0.134. The molecule has 4 heteroatoms. The van der Waals surface area contributed by atoms with Gasteiger partial charge >= 0.3 is 0 Å². The highest BCUT2D eigenvalue weighted by Gasteiger charge is 2.22. The maximum Gasteiger partial charge on any atom is 0.260 e. The highest BCUT2D eigenvalue weighted by atomic mass is 35.5. The zero-order valence-corrected chi connectivity index (χ0v) is 12.0. The molecule has 2 rings (SSSR count). The first-order valence-electron chi connectivity index (χ1n) is 6.81. The third-order valence-electron chi connectivity index (χ3n) is 3.70. The zero-order chi connectivity index (χ0) is 13.7. The van der Waals surface area contributed by atoms with E-state index >= 15 is 0 Å². The number of likely N-dealkylation sites (N-methyl/N-ethyl adjacent to an activating group) is 1. The molecule has 0 N–H and O–H groups in total. The molecule has 0 unspecified atom stereocenters. The van der Waals surface area contributed by atoms with Gasteiger partial charge < -0.3 is 9.64 Å². The second-order valence-electron chi connectivity index (χ2n) is 5.02. The van der Waals surface area contributed by atoms with Crippen LogP contribution in [-0.2, 0) is 4.79 Å². The minimum atomic E-state index is 0.0202. The molecule has 3 nitrogen and oxygen atoms in total. The van der Waals surface area contributed by atoms with Gasteiger partial charge in [-0.25, -0.2) is 0 Å². The molecule has 1 aliphatic rings. The Kier molecular flexibility index (Phi) is 5.08. The molecule has 0 aliphatic heterocycles. The predicted molar refractivity (Wildman–Crippen MR) is 76.6 cm³/mol. The van der Waals surface area contributed by atoms with Gasteiger partial charge in [-0.05, 0) is 25.0 Å². The monoisotopic (exact) mass is 281 g/mol. The Morgan fingerprint density at radius 3 is 2.68 bits per heavy atom. The third kappa shape index (κ3) is 3.87. The Labute approximate surface area is 119 Å². The highest BCUT2D eigenvalue weighted by Crippen LogP contribution is 2.24. The van der Waals surface area contributed by atoms with Crippen LogP contribution in [0.25, 0.3) is 0 Å². The zero-order valence-electron chi connectivity index (χ0n) is 11.3. The lowest BCUT2D eigenvalue weighted by Gasteiger charge is -2.31. The second-order valence-corrected chi connectivity index (χ2v) is 5.42. The first kappa shape index (κ1) is 14.2. The summed E-state index contributed by atoms with van der Waals surface area (Å²) in [5, 5.41) is 0.538. The molecule has 1 aromatic carbocycles. The van der Waals surface area contributed by atoms with Gasteiger partial charge in [0.1, 0.15) is 5.75 Å². The summed E-state index contributed by atoms with van der Waals surface area (Å²) in [6.07, 6.45) is 5.93. The van der Waals surface area contributed by atoms with Gasteiger partial charge in [0.15, 0.2) is 6.61 Å². The van der Waals surface area contributed by atoms with Crippen LogP contribution >= 0.6 is 11.6 Å². The fourth-order valence-corrected chi connectivity index (χ4v) is 2.67.